The zero-order chi connectivity index (χ0) is 25.6. The molecule has 0 saturated carbocycles. The van der Waals surface area contributed by atoms with Crippen LogP contribution in [0.15, 0.2) is 54.6 Å². The van der Waals surface area contributed by atoms with E-state index in [1.54, 1.807) is 44.6 Å². The minimum Gasteiger partial charge on any atom is -0.491 e. The van der Waals surface area contributed by atoms with Gasteiger partial charge in [-0.05, 0) is 35.9 Å². The van der Waals surface area contributed by atoms with Gasteiger partial charge in [0.05, 0.1) is 39.6 Å². The van der Waals surface area contributed by atoms with Crippen molar-refractivity contribution in [1.82, 2.24) is 0 Å². The van der Waals surface area contributed by atoms with E-state index in [1.165, 1.54) is 6.08 Å². The van der Waals surface area contributed by atoms with Crippen LogP contribution in [0, 0.1) is 0 Å². The van der Waals surface area contributed by atoms with Crippen molar-refractivity contribution < 1.29 is 43.1 Å². The van der Waals surface area contributed by atoms with E-state index in [-0.39, 0.29) is 0 Å². The number of carbonyl (C=O) groups excluding carboxylic acids is 1. The van der Waals surface area contributed by atoms with Gasteiger partial charge in [-0.2, -0.15) is 0 Å². The number of hydrogen-bond donors (Lipinski definition) is 1. The van der Waals surface area contributed by atoms with Gasteiger partial charge in [0.15, 0.2) is 0 Å². The molecule has 0 saturated heterocycles. The average molecular weight is 491 g/mol. The number of rotatable bonds is 17. The van der Waals surface area contributed by atoms with E-state index in [9.17, 15) is 9.59 Å². The summed E-state index contributed by atoms with van der Waals surface area (Å²) in [4.78, 5) is 20.9. The van der Waals surface area contributed by atoms with Crippen LogP contribution in [0.5, 0.6) is 11.5 Å². The van der Waals surface area contributed by atoms with Gasteiger partial charge < -0.3 is 33.5 Å². The summed E-state index contributed by atoms with van der Waals surface area (Å²) in [5.41, 5.74) is 1.39. The maximum Gasteiger partial charge on any atom is 0.328 e. The molecule has 9 heteroatoms. The van der Waals surface area contributed by atoms with Crippen LogP contribution in [0.3, 0.4) is 0 Å². The molecule has 0 bridgehead atoms. The van der Waals surface area contributed by atoms with E-state index < -0.39 is 5.97 Å². The Labute approximate surface area is 206 Å². The molecular formula is C26H34O9. The Bertz CT molecular complexity index is 867. The molecule has 2 aromatic carbocycles. The van der Waals surface area contributed by atoms with E-state index in [0.29, 0.717) is 69.9 Å². The maximum absolute atomic E-state index is 10.5. The van der Waals surface area contributed by atoms with E-state index in [1.807, 2.05) is 18.2 Å². The molecule has 35 heavy (non-hydrogen) atoms. The molecule has 0 amide bonds. The van der Waals surface area contributed by atoms with Gasteiger partial charge in [0.1, 0.15) is 31.0 Å². The van der Waals surface area contributed by atoms with Crippen LogP contribution in [0.1, 0.15) is 15.9 Å². The molecule has 0 unspecified atom stereocenters. The summed E-state index contributed by atoms with van der Waals surface area (Å²) in [5, 5.41) is 8.54. The number of methoxy groups -OCH3 is 2. The van der Waals surface area contributed by atoms with Crippen molar-refractivity contribution in [2.24, 2.45) is 0 Å². The van der Waals surface area contributed by atoms with Crippen molar-refractivity contribution in [2.75, 3.05) is 67.1 Å². The molecule has 192 valence electrons. The summed E-state index contributed by atoms with van der Waals surface area (Å²) in [6.45, 7) is 4.15. The highest BCUT2D eigenvalue weighted by Gasteiger charge is 1.97. The zero-order valence-corrected chi connectivity index (χ0v) is 20.2. The van der Waals surface area contributed by atoms with Crippen molar-refractivity contribution in [3.05, 3.63) is 65.7 Å². The second-order valence-electron chi connectivity index (χ2n) is 6.84. The third-order valence-corrected chi connectivity index (χ3v) is 4.13. The second kappa shape index (κ2) is 20.2. The van der Waals surface area contributed by atoms with Crippen molar-refractivity contribution >= 4 is 18.3 Å². The molecule has 0 aliphatic carbocycles. The van der Waals surface area contributed by atoms with Gasteiger partial charge >= 0.3 is 5.97 Å². The van der Waals surface area contributed by atoms with Crippen molar-refractivity contribution in [1.29, 1.82) is 0 Å². The van der Waals surface area contributed by atoms with Gasteiger partial charge in [0.25, 0.3) is 0 Å². The fraction of sp³-hybridized carbons (Fsp3) is 0.385. The lowest BCUT2D eigenvalue weighted by Crippen LogP contribution is -2.10. The third kappa shape index (κ3) is 16.1. The SMILES string of the molecule is COCCOCCOc1cccc(C=CC(=O)O)c1.COCCOCCOc1cccc(C=O)c1. The van der Waals surface area contributed by atoms with Gasteiger partial charge in [-0.1, -0.05) is 24.3 Å². The lowest BCUT2D eigenvalue weighted by atomic mass is 10.2. The summed E-state index contributed by atoms with van der Waals surface area (Å²) in [7, 11) is 3.25. The molecule has 0 atom stereocenters. The van der Waals surface area contributed by atoms with Crippen LogP contribution < -0.4 is 9.47 Å². The summed E-state index contributed by atoms with van der Waals surface area (Å²) >= 11 is 0. The van der Waals surface area contributed by atoms with Gasteiger partial charge in [-0.3, -0.25) is 4.79 Å². The topological polar surface area (TPSA) is 110 Å². The summed E-state index contributed by atoms with van der Waals surface area (Å²) in [6.07, 6.45) is 3.40. The average Bonchev–Trinajstić information content (AvgIpc) is 2.88. The normalized spacial score (nSPS) is 10.5. The van der Waals surface area contributed by atoms with Crippen LogP contribution in [0.2, 0.25) is 0 Å². The van der Waals surface area contributed by atoms with E-state index in [0.717, 1.165) is 17.9 Å². The van der Waals surface area contributed by atoms with Crippen molar-refractivity contribution in [2.45, 2.75) is 0 Å². The van der Waals surface area contributed by atoms with E-state index in [2.05, 4.69) is 0 Å². The zero-order valence-electron chi connectivity index (χ0n) is 20.2. The van der Waals surface area contributed by atoms with Gasteiger partial charge in [-0.25, -0.2) is 4.79 Å². The predicted octanol–water partition coefficient (Wildman–Crippen LogP) is 3.37. The lowest BCUT2D eigenvalue weighted by Gasteiger charge is -2.07. The maximum atomic E-state index is 10.5. The second-order valence-corrected chi connectivity index (χ2v) is 6.84. The number of carbonyl (C=O) groups is 2. The first-order valence-corrected chi connectivity index (χ1v) is 11.0. The molecule has 2 aromatic rings. The highest BCUT2D eigenvalue weighted by Crippen LogP contribution is 2.14. The molecule has 0 fully saturated rings. The quantitative estimate of drug-likeness (QED) is 0.203. The van der Waals surface area contributed by atoms with Crippen LogP contribution in [0.4, 0.5) is 0 Å². The molecule has 0 heterocycles. The molecular weight excluding hydrogens is 456 g/mol. The Balaban J connectivity index is 0.000000355. The molecule has 0 radical (unpaired) electrons. The number of hydrogen-bond acceptors (Lipinski definition) is 8. The van der Waals surface area contributed by atoms with Gasteiger partial charge in [-0.15, -0.1) is 0 Å². The molecule has 1 N–H and O–H groups in total. The Morgan fingerprint density at radius 1 is 0.743 bits per heavy atom. The fourth-order valence-corrected chi connectivity index (χ4v) is 2.48. The molecule has 0 spiro atoms. The standard InChI is InChI=1S/C14H18O5.C12H16O4/c1-17-7-8-18-9-10-19-13-4-2-3-12(11-13)5-6-14(15)16;1-14-5-6-15-7-8-16-12-4-2-3-11(9-12)10-13/h2-6,11H,7-10H2,1H3,(H,15,16);2-4,9-10H,5-8H2,1H3. The highest BCUT2D eigenvalue weighted by atomic mass is 16.5. The first-order valence-electron chi connectivity index (χ1n) is 11.0. The van der Waals surface area contributed by atoms with Gasteiger partial charge in [0, 0.05) is 25.9 Å². The molecule has 2 rings (SSSR count). The van der Waals surface area contributed by atoms with Crippen LogP contribution in [-0.2, 0) is 23.7 Å². The summed E-state index contributed by atoms with van der Waals surface area (Å²) in [5.74, 6) is 0.390. The van der Waals surface area contributed by atoms with E-state index in [4.69, 9.17) is 33.5 Å². The first-order chi connectivity index (χ1) is 17.1. The molecule has 0 aliphatic rings. The smallest absolute Gasteiger partial charge is 0.328 e. The lowest BCUT2D eigenvalue weighted by molar-refractivity contribution is -0.131. The Morgan fingerprint density at radius 2 is 1.23 bits per heavy atom. The first kappa shape index (κ1) is 29.8. The number of aldehydes is 1. The Hall–Kier alpha value is -3.24. The van der Waals surface area contributed by atoms with Gasteiger partial charge in [0.2, 0.25) is 0 Å². The predicted molar refractivity (Wildman–Crippen MR) is 131 cm³/mol. The fourth-order valence-electron chi connectivity index (χ4n) is 2.48. The number of benzene rings is 2. The summed E-state index contributed by atoms with van der Waals surface area (Å²) in [6, 6.07) is 14.2. The van der Waals surface area contributed by atoms with Crippen LogP contribution >= 0.6 is 0 Å². The van der Waals surface area contributed by atoms with Crippen molar-refractivity contribution in [3.8, 4) is 11.5 Å². The monoisotopic (exact) mass is 490 g/mol. The third-order valence-electron chi connectivity index (χ3n) is 4.13. The number of carboxylic acids is 1. The molecule has 9 nitrogen and oxygen atoms in total. The number of ether oxygens (including phenoxy) is 6. The Morgan fingerprint density at radius 3 is 1.71 bits per heavy atom. The molecule has 0 aromatic heterocycles. The van der Waals surface area contributed by atoms with Crippen LogP contribution in [0.25, 0.3) is 6.08 Å². The van der Waals surface area contributed by atoms with Crippen LogP contribution in [-0.4, -0.2) is 84.4 Å². The largest absolute Gasteiger partial charge is 0.491 e. The van der Waals surface area contributed by atoms with E-state index >= 15 is 0 Å². The van der Waals surface area contributed by atoms with Crippen molar-refractivity contribution in [3.63, 3.8) is 0 Å². The summed E-state index contributed by atoms with van der Waals surface area (Å²) < 4.78 is 31.1. The molecule has 0 aliphatic heterocycles. The minimum atomic E-state index is -0.974. The highest BCUT2D eigenvalue weighted by molar-refractivity contribution is 5.85. The minimum absolute atomic E-state index is 0.440. The Kier molecular flexibility index (Phi) is 17.2. The number of carboxylic acid groups (broad SMARTS) is 1. The number of aliphatic carboxylic acids is 1.